The Morgan fingerprint density at radius 1 is 1.25 bits per heavy atom. The normalized spacial score (nSPS) is 16.2. The molecule has 1 aromatic rings. The average Bonchev–Trinajstić information content (AvgIpc) is 2.33. The number of amides is 1. The molecule has 0 aromatic heterocycles. The highest BCUT2D eigenvalue weighted by Crippen LogP contribution is 2.27. The van der Waals surface area contributed by atoms with Gasteiger partial charge in [-0.25, -0.2) is 0 Å². The first-order valence-electron chi connectivity index (χ1n) is 5.01. The van der Waals surface area contributed by atoms with Crippen LogP contribution in [0.2, 0.25) is 10.0 Å². The molecule has 0 bridgehead atoms. The van der Waals surface area contributed by atoms with Crippen LogP contribution < -0.4 is 0 Å². The number of nitrogens with zero attached hydrogens (tertiary/aromatic N) is 1. The number of hydrogen-bond acceptors (Lipinski definition) is 2. The van der Waals surface area contributed by atoms with Gasteiger partial charge in [-0.15, -0.1) is 0 Å². The largest absolute Gasteiger partial charge is 0.337 e. The van der Waals surface area contributed by atoms with Crippen molar-refractivity contribution in [2.24, 2.45) is 0 Å². The van der Waals surface area contributed by atoms with Crippen LogP contribution in [0.15, 0.2) is 18.2 Å². The Kier molecular flexibility index (Phi) is 4.00. The number of hydrogen-bond donors (Lipinski definition) is 0. The molecule has 0 unspecified atom stereocenters. The molecule has 0 radical (unpaired) electrons. The molecular weight excluding hydrogens is 265 g/mol. The Bertz CT molecular complexity index is 405. The highest BCUT2D eigenvalue weighted by Gasteiger charge is 2.21. The fraction of sp³-hybridized carbons (Fsp3) is 0.364. The summed E-state index contributed by atoms with van der Waals surface area (Å²) in [6.45, 7) is 1.57. The van der Waals surface area contributed by atoms with E-state index in [2.05, 4.69) is 0 Å². The van der Waals surface area contributed by atoms with E-state index in [-0.39, 0.29) is 5.91 Å². The third kappa shape index (κ3) is 2.47. The smallest absolute Gasteiger partial charge is 0.255 e. The van der Waals surface area contributed by atoms with Crippen molar-refractivity contribution in [2.75, 3.05) is 24.6 Å². The lowest BCUT2D eigenvalue weighted by Crippen LogP contribution is -2.38. The van der Waals surface area contributed by atoms with E-state index in [1.54, 1.807) is 18.2 Å². The number of carbonyl (C=O) groups is 1. The van der Waals surface area contributed by atoms with Crippen LogP contribution in [0.5, 0.6) is 0 Å². The van der Waals surface area contributed by atoms with E-state index in [4.69, 9.17) is 23.2 Å². The summed E-state index contributed by atoms with van der Waals surface area (Å²) in [5.74, 6) is 1.96. The van der Waals surface area contributed by atoms with Crippen molar-refractivity contribution in [3.8, 4) is 0 Å². The molecule has 5 heteroatoms. The van der Waals surface area contributed by atoms with Gasteiger partial charge in [0.2, 0.25) is 0 Å². The number of rotatable bonds is 1. The lowest BCUT2D eigenvalue weighted by atomic mass is 10.2. The molecule has 2 rings (SSSR count). The van der Waals surface area contributed by atoms with Gasteiger partial charge >= 0.3 is 0 Å². The van der Waals surface area contributed by atoms with Gasteiger partial charge < -0.3 is 4.90 Å². The number of carbonyl (C=O) groups excluding carboxylic acids is 1. The fourth-order valence-electron chi connectivity index (χ4n) is 1.61. The van der Waals surface area contributed by atoms with Gasteiger partial charge in [0.25, 0.3) is 5.91 Å². The summed E-state index contributed by atoms with van der Waals surface area (Å²) >= 11 is 13.8. The Hall–Kier alpha value is -0.380. The summed E-state index contributed by atoms with van der Waals surface area (Å²) in [6.07, 6.45) is 0. The van der Waals surface area contributed by atoms with E-state index in [1.807, 2.05) is 16.7 Å². The molecule has 1 aliphatic rings. The molecule has 0 atom stereocenters. The van der Waals surface area contributed by atoms with Crippen LogP contribution in [0.3, 0.4) is 0 Å². The Balaban J connectivity index is 2.22. The molecule has 1 saturated heterocycles. The molecule has 0 saturated carbocycles. The predicted molar refractivity (Wildman–Crippen MR) is 69.7 cm³/mol. The van der Waals surface area contributed by atoms with Crippen molar-refractivity contribution in [3.05, 3.63) is 33.8 Å². The van der Waals surface area contributed by atoms with E-state index in [1.165, 1.54) is 0 Å². The molecule has 1 aliphatic heterocycles. The molecule has 2 nitrogen and oxygen atoms in total. The second-order valence-electron chi connectivity index (χ2n) is 3.51. The highest BCUT2D eigenvalue weighted by molar-refractivity contribution is 7.99. The van der Waals surface area contributed by atoms with Crippen molar-refractivity contribution in [2.45, 2.75) is 0 Å². The van der Waals surface area contributed by atoms with E-state index in [0.29, 0.717) is 15.6 Å². The lowest BCUT2D eigenvalue weighted by Gasteiger charge is -2.26. The van der Waals surface area contributed by atoms with Gasteiger partial charge in [-0.1, -0.05) is 29.3 Å². The third-order valence-electron chi connectivity index (χ3n) is 2.48. The minimum Gasteiger partial charge on any atom is -0.337 e. The molecule has 0 spiro atoms. The zero-order valence-electron chi connectivity index (χ0n) is 8.58. The van der Waals surface area contributed by atoms with Crippen LogP contribution in [-0.2, 0) is 0 Å². The van der Waals surface area contributed by atoms with Gasteiger partial charge in [-0.3, -0.25) is 4.79 Å². The molecule has 16 heavy (non-hydrogen) atoms. The van der Waals surface area contributed by atoms with Gasteiger partial charge in [-0.05, 0) is 12.1 Å². The van der Waals surface area contributed by atoms with Crippen LogP contribution in [0.1, 0.15) is 10.4 Å². The van der Waals surface area contributed by atoms with Crippen LogP contribution >= 0.6 is 35.0 Å². The van der Waals surface area contributed by atoms with Gasteiger partial charge in [0, 0.05) is 24.6 Å². The molecule has 1 heterocycles. The summed E-state index contributed by atoms with van der Waals surface area (Å²) in [4.78, 5) is 14.0. The first-order valence-corrected chi connectivity index (χ1v) is 6.92. The zero-order valence-corrected chi connectivity index (χ0v) is 10.9. The topological polar surface area (TPSA) is 20.3 Å². The quantitative estimate of drug-likeness (QED) is 0.785. The Morgan fingerprint density at radius 3 is 2.62 bits per heavy atom. The maximum atomic E-state index is 12.1. The molecule has 1 fully saturated rings. The Morgan fingerprint density at radius 2 is 1.94 bits per heavy atom. The maximum Gasteiger partial charge on any atom is 0.255 e. The standard InChI is InChI=1S/C11H11Cl2NOS/c12-9-3-1-2-8(10(9)13)11(15)14-4-6-16-7-5-14/h1-3H,4-7H2. The summed E-state index contributed by atoms with van der Waals surface area (Å²) in [5.41, 5.74) is 0.501. The Labute approximate surface area is 109 Å². The first-order chi connectivity index (χ1) is 7.70. The van der Waals surface area contributed by atoms with Crippen LogP contribution in [0, 0.1) is 0 Å². The van der Waals surface area contributed by atoms with Gasteiger partial charge in [0.05, 0.1) is 15.6 Å². The zero-order chi connectivity index (χ0) is 11.5. The van der Waals surface area contributed by atoms with Gasteiger partial charge in [0.15, 0.2) is 0 Å². The molecule has 86 valence electrons. The van der Waals surface area contributed by atoms with Crippen molar-refractivity contribution in [3.63, 3.8) is 0 Å². The van der Waals surface area contributed by atoms with Crippen LogP contribution in [0.25, 0.3) is 0 Å². The number of thioether (sulfide) groups is 1. The first kappa shape index (κ1) is 12.1. The van der Waals surface area contributed by atoms with E-state index < -0.39 is 0 Å². The second-order valence-corrected chi connectivity index (χ2v) is 5.52. The minimum atomic E-state index is -0.0206. The predicted octanol–water partition coefficient (Wildman–Crippen LogP) is 3.18. The molecular formula is C11H11Cl2NOS. The van der Waals surface area contributed by atoms with E-state index in [9.17, 15) is 4.79 Å². The number of benzene rings is 1. The summed E-state index contributed by atoms with van der Waals surface area (Å²) in [6, 6.07) is 5.16. The minimum absolute atomic E-state index is 0.0206. The molecule has 1 amide bonds. The number of halogens is 2. The highest BCUT2D eigenvalue weighted by atomic mass is 35.5. The molecule has 0 N–H and O–H groups in total. The van der Waals surface area contributed by atoms with E-state index in [0.717, 1.165) is 24.6 Å². The van der Waals surface area contributed by atoms with Crippen LogP contribution in [-0.4, -0.2) is 35.4 Å². The summed E-state index contributed by atoms with van der Waals surface area (Å²) < 4.78 is 0. The van der Waals surface area contributed by atoms with Crippen molar-refractivity contribution in [1.82, 2.24) is 4.90 Å². The van der Waals surface area contributed by atoms with Crippen LogP contribution in [0.4, 0.5) is 0 Å². The molecule has 1 aromatic carbocycles. The van der Waals surface area contributed by atoms with Crippen molar-refractivity contribution in [1.29, 1.82) is 0 Å². The lowest BCUT2D eigenvalue weighted by molar-refractivity contribution is 0.0772. The fourth-order valence-corrected chi connectivity index (χ4v) is 2.89. The molecule has 0 aliphatic carbocycles. The SMILES string of the molecule is O=C(c1cccc(Cl)c1Cl)N1CCSCC1. The van der Waals surface area contributed by atoms with Crippen molar-refractivity contribution >= 4 is 40.9 Å². The maximum absolute atomic E-state index is 12.1. The van der Waals surface area contributed by atoms with Gasteiger partial charge in [-0.2, -0.15) is 11.8 Å². The van der Waals surface area contributed by atoms with Crippen molar-refractivity contribution < 1.29 is 4.79 Å². The summed E-state index contributed by atoms with van der Waals surface area (Å²) in [5, 5.41) is 0.784. The third-order valence-corrected chi connectivity index (χ3v) is 4.24. The average molecular weight is 276 g/mol. The summed E-state index contributed by atoms with van der Waals surface area (Å²) in [7, 11) is 0. The van der Waals surface area contributed by atoms with Gasteiger partial charge in [0.1, 0.15) is 0 Å². The monoisotopic (exact) mass is 275 g/mol. The second kappa shape index (κ2) is 5.30. The van der Waals surface area contributed by atoms with E-state index >= 15 is 0 Å².